The third-order valence-corrected chi connectivity index (χ3v) is 2.05. The van der Waals surface area contributed by atoms with Gasteiger partial charge in [0.25, 0.3) is 0 Å². The molecule has 1 aromatic carbocycles. The summed E-state index contributed by atoms with van der Waals surface area (Å²) in [4.78, 5) is 0. The molecule has 0 radical (unpaired) electrons. The number of nitrogens with two attached hydrogens (primary N) is 1. The maximum absolute atomic E-state index is 12.6. The van der Waals surface area contributed by atoms with E-state index >= 15 is 0 Å². The molecule has 0 fully saturated rings. The summed E-state index contributed by atoms with van der Waals surface area (Å²) in [5, 5.41) is 0. The Bertz CT molecular complexity index is 417. The van der Waals surface area contributed by atoms with Gasteiger partial charge in [0.05, 0.1) is 0 Å². The van der Waals surface area contributed by atoms with Gasteiger partial charge in [-0.05, 0) is 23.8 Å². The highest BCUT2D eigenvalue weighted by Crippen LogP contribution is 2.08. The highest BCUT2D eigenvalue weighted by Gasteiger charge is 1.96. The van der Waals surface area contributed by atoms with Crippen molar-refractivity contribution in [1.82, 2.24) is 4.57 Å². The van der Waals surface area contributed by atoms with Crippen molar-refractivity contribution in [2.75, 3.05) is 5.73 Å². The quantitative estimate of drug-likeness (QED) is 0.773. The molecule has 2 nitrogen and oxygen atoms in total. The maximum atomic E-state index is 12.6. The fraction of sp³-hybridized carbons (Fsp3) is 0.0909. The monoisotopic (exact) mass is 190 g/mol. The van der Waals surface area contributed by atoms with E-state index in [0.717, 1.165) is 17.8 Å². The van der Waals surface area contributed by atoms with Crippen LogP contribution in [0.2, 0.25) is 0 Å². The number of aromatic nitrogens is 1. The van der Waals surface area contributed by atoms with E-state index in [2.05, 4.69) is 0 Å². The third kappa shape index (κ3) is 1.93. The van der Waals surface area contributed by atoms with E-state index in [0.29, 0.717) is 0 Å². The predicted molar refractivity (Wildman–Crippen MR) is 54.3 cm³/mol. The van der Waals surface area contributed by atoms with Crippen LogP contribution in [0.25, 0.3) is 0 Å². The summed E-state index contributed by atoms with van der Waals surface area (Å²) in [6.07, 6.45) is 3.75. The fourth-order valence-electron chi connectivity index (χ4n) is 1.36. The zero-order valence-electron chi connectivity index (χ0n) is 7.65. The maximum Gasteiger partial charge on any atom is 0.123 e. The molecule has 0 aliphatic heterocycles. The first kappa shape index (κ1) is 8.81. The molecule has 2 rings (SSSR count). The van der Waals surface area contributed by atoms with Gasteiger partial charge >= 0.3 is 0 Å². The Morgan fingerprint density at radius 1 is 1.14 bits per heavy atom. The molecule has 3 heteroatoms. The number of halogens is 1. The minimum atomic E-state index is -0.208. The Labute approximate surface area is 81.8 Å². The summed E-state index contributed by atoms with van der Waals surface area (Å²) in [5.74, 6) is -0.208. The molecule has 1 heterocycles. The lowest BCUT2D eigenvalue weighted by Crippen LogP contribution is -1.96. The first-order valence-electron chi connectivity index (χ1n) is 4.40. The van der Waals surface area contributed by atoms with E-state index in [1.807, 2.05) is 23.0 Å². The Balaban J connectivity index is 2.15. The van der Waals surface area contributed by atoms with Gasteiger partial charge in [-0.2, -0.15) is 0 Å². The summed E-state index contributed by atoms with van der Waals surface area (Å²) in [6, 6.07) is 8.30. The Morgan fingerprint density at radius 2 is 1.86 bits per heavy atom. The van der Waals surface area contributed by atoms with Crippen LogP contribution in [0.15, 0.2) is 42.7 Å². The van der Waals surface area contributed by atoms with Crippen molar-refractivity contribution < 1.29 is 4.39 Å². The molecular weight excluding hydrogens is 179 g/mol. The molecule has 0 aliphatic carbocycles. The topological polar surface area (TPSA) is 30.9 Å². The van der Waals surface area contributed by atoms with Gasteiger partial charge in [0.2, 0.25) is 0 Å². The minimum Gasteiger partial charge on any atom is -0.398 e. The number of nitrogens with zero attached hydrogens (tertiary/aromatic N) is 1. The summed E-state index contributed by atoms with van der Waals surface area (Å²) in [5.41, 5.74) is 7.38. The highest BCUT2D eigenvalue weighted by atomic mass is 19.1. The molecule has 0 bridgehead atoms. The number of hydrogen-bond donors (Lipinski definition) is 1. The van der Waals surface area contributed by atoms with Crippen molar-refractivity contribution in [3.8, 4) is 0 Å². The van der Waals surface area contributed by atoms with Gasteiger partial charge in [-0.25, -0.2) is 4.39 Å². The standard InChI is InChI=1S/C11H11FN2/c12-10-3-1-9(2-4-10)7-14-6-5-11(13)8-14/h1-6,8H,7,13H2. The van der Waals surface area contributed by atoms with Crippen LogP contribution in [0.3, 0.4) is 0 Å². The number of rotatable bonds is 2. The van der Waals surface area contributed by atoms with Crippen molar-refractivity contribution in [3.05, 3.63) is 54.1 Å². The molecule has 0 saturated heterocycles. The van der Waals surface area contributed by atoms with E-state index in [9.17, 15) is 4.39 Å². The third-order valence-electron chi connectivity index (χ3n) is 2.05. The molecule has 2 aromatic rings. The molecule has 0 atom stereocenters. The zero-order valence-corrected chi connectivity index (χ0v) is 7.65. The van der Waals surface area contributed by atoms with E-state index in [4.69, 9.17) is 5.73 Å². The number of hydrogen-bond acceptors (Lipinski definition) is 1. The van der Waals surface area contributed by atoms with Crippen LogP contribution in [0.1, 0.15) is 5.56 Å². The first-order chi connectivity index (χ1) is 6.74. The van der Waals surface area contributed by atoms with Crippen LogP contribution in [0.5, 0.6) is 0 Å². The van der Waals surface area contributed by atoms with Gasteiger partial charge in [0.1, 0.15) is 5.82 Å². The van der Waals surface area contributed by atoms with E-state index in [1.165, 1.54) is 12.1 Å². The summed E-state index contributed by atoms with van der Waals surface area (Å²) >= 11 is 0. The van der Waals surface area contributed by atoms with Crippen molar-refractivity contribution in [2.24, 2.45) is 0 Å². The van der Waals surface area contributed by atoms with Crippen LogP contribution >= 0.6 is 0 Å². The summed E-state index contributed by atoms with van der Waals surface area (Å²) in [7, 11) is 0. The molecule has 0 spiro atoms. The highest BCUT2D eigenvalue weighted by molar-refractivity contribution is 5.34. The van der Waals surface area contributed by atoms with Gasteiger partial charge in [-0.15, -0.1) is 0 Å². The molecule has 0 saturated carbocycles. The van der Waals surface area contributed by atoms with E-state index < -0.39 is 0 Å². The van der Waals surface area contributed by atoms with Crippen molar-refractivity contribution >= 4 is 5.69 Å². The molecule has 0 aliphatic rings. The van der Waals surface area contributed by atoms with Crippen LogP contribution in [0, 0.1) is 5.82 Å². The molecule has 0 unspecified atom stereocenters. The molecular formula is C11H11FN2. The lowest BCUT2D eigenvalue weighted by atomic mass is 10.2. The van der Waals surface area contributed by atoms with Gasteiger partial charge in [0, 0.05) is 24.6 Å². The smallest absolute Gasteiger partial charge is 0.123 e. The predicted octanol–water partition coefficient (Wildman–Crippen LogP) is 2.26. The van der Waals surface area contributed by atoms with Gasteiger partial charge in [0.15, 0.2) is 0 Å². The lowest BCUT2D eigenvalue weighted by Gasteiger charge is -2.02. The Morgan fingerprint density at radius 3 is 2.43 bits per heavy atom. The van der Waals surface area contributed by atoms with E-state index in [1.54, 1.807) is 12.1 Å². The molecule has 72 valence electrons. The van der Waals surface area contributed by atoms with Crippen LogP contribution in [0.4, 0.5) is 10.1 Å². The Kier molecular flexibility index (Phi) is 2.23. The van der Waals surface area contributed by atoms with Crippen LogP contribution in [-0.2, 0) is 6.54 Å². The first-order valence-corrected chi connectivity index (χ1v) is 4.40. The van der Waals surface area contributed by atoms with E-state index in [-0.39, 0.29) is 5.82 Å². The molecule has 1 aromatic heterocycles. The second-order valence-electron chi connectivity index (χ2n) is 3.24. The zero-order chi connectivity index (χ0) is 9.97. The van der Waals surface area contributed by atoms with Gasteiger partial charge < -0.3 is 10.3 Å². The fourth-order valence-corrected chi connectivity index (χ4v) is 1.36. The number of nitrogen functional groups attached to an aromatic ring is 1. The van der Waals surface area contributed by atoms with Crippen LogP contribution in [-0.4, -0.2) is 4.57 Å². The second kappa shape index (κ2) is 3.54. The Hall–Kier alpha value is -1.77. The van der Waals surface area contributed by atoms with Gasteiger partial charge in [-0.1, -0.05) is 12.1 Å². The molecule has 2 N–H and O–H groups in total. The summed E-state index contributed by atoms with van der Waals surface area (Å²) < 4.78 is 14.6. The second-order valence-corrected chi connectivity index (χ2v) is 3.24. The number of anilines is 1. The molecule has 14 heavy (non-hydrogen) atoms. The summed E-state index contributed by atoms with van der Waals surface area (Å²) in [6.45, 7) is 0.720. The molecule has 0 amide bonds. The van der Waals surface area contributed by atoms with Gasteiger partial charge in [-0.3, -0.25) is 0 Å². The van der Waals surface area contributed by atoms with Crippen molar-refractivity contribution in [1.29, 1.82) is 0 Å². The van der Waals surface area contributed by atoms with Crippen LogP contribution < -0.4 is 5.73 Å². The average molecular weight is 190 g/mol. The van der Waals surface area contributed by atoms with Crippen molar-refractivity contribution in [3.63, 3.8) is 0 Å². The normalized spacial score (nSPS) is 10.4. The number of benzene rings is 1. The SMILES string of the molecule is Nc1ccn(Cc2ccc(F)cc2)c1. The largest absolute Gasteiger partial charge is 0.398 e. The minimum absolute atomic E-state index is 0.208. The van der Waals surface area contributed by atoms with Crippen molar-refractivity contribution in [2.45, 2.75) is 6.54 Å². The average Bonchev–Trinajstić information content (AvgIpc) is 2.56. The lowest BCUT2D eigenvalue weighted by molar-refractivity contribution is 0.626.